The number of anilines is 1. The van der Waals surface area contributed by atoms with Gasteiger partial charge in [-0.15, -0.1) is 16.4 Å². The van der Waals surface area contributed by atoms with Crippen molar-refractivity contribution in [2.24, 2.45) is 0 Å². The summed E-state index contributed by atoms with van der Waals surface area (Å²) in [5.74, 6) is 0.423. The largest absolute Gasteiger partial charge is 0.381 e. The second-order valence-electron chi connectivity index (χ2n) is 2.56. The van der Waals surface area contributed by atoms with Gasteiger partial charge in [-0.05, 0) is 11.4 Å². The Bertz CT molecular complexity index is 408. The molecule has 2 N–H and O–H groups in total. The lowest BCUT2D eigenvalue weighted by molar-refractivity contribution is 0.651. The van der Waals surface area contributed by atoms with E-state index in [2.05, 4.69) is 10.3 Å². The highest BCUT2D eigenvalue weighted by Gasteiger charge is 2.03. The fraction of sp³-hybridized carbons (Fsp3) is 0.143. The number of nitrogen functional groups attached to an aromatic ring is 1. The number of nitrogens with zero attached hydrogens (tertiary/aromatic N) is 3. The molecule has 0 amide bonds. The summed E-state index contributed by atoms with van der Waals surface area (Å²) in [5, 5.41) is 9.44. The Morgan fingerprint density at radius 1 is 1.62 bits per heavy atom. The highest BCUT2D eigenvalue weighted by molar-refractivity contribution is 7.14. The van der Waals surface area contributed by atoms with E-state index < -0.39 is 0 Å². The molecule has 0 aromatic carbocycles. The van der Waals surface area contributed by atoms with Crippen LogP contribution in [0.1, 0.15) is 5.56 Å². The Hall–Kier alpha value is -1.07. The summed E-state index contributed by atoms with van der Waals surface area (Å²) in [6, 6.07) is 1.96. The third kappa shape index (κ3) is 1.81. The predicted molar refractivity (Wildman–Crippen MR) is 52.9 cm³/mol. The number of rotatable bonds is 2. The molecule has 0 aliphatic heterocycles. The van der Waals surface area contributed by atoms with E-state index in [4.69, 9.17) is 17.3 Å². The zero-order valence-electron chi connectivity index (χ0n) is 6.64. The minimum atomic E-state index is 0.423. The lowest BCUT2D eigenvalue weighted by atomic mass is 10.3. The molecule has 0 aliphatic rings. The average Bonchev–Trinajstić information content (AvgIpc) is 2.64. The Kier molecular flexibility index (Phi) is 2.20. The van der Waals surface area contributed by atoms with Crippen LogP contribution < -0.4 is 5.73 Å². The Morgan fingerprint density at radius 2 is 2.46 bits per heavy atom. The van der Waals surface area contributed by atoms with Crippen LogP contribution in [0, 0.1) is 0 Å². The molecule has 0 radical (unpaired) electrons. The van der Waals surface area contributed by atoms with E-state index in [0.717, 1.165) is 9.90 Å². The molecule has 0 spiro atoms. The first-order valence-corrected chi connectivity index (χ1v) is 4.89. The molecule has 13 heavy (non-hydrogen) atoms. The molecule has 0 bridgehead atoms. The zero-order chi connectivity index (χ0) is 9.26. The molecule has 0 atom stereocenters. The molecule has 2 aromatic heterocycles. The first-order valence-electron chi connectivity index (χ1n) is 3.63. The van der Waals surface area contributed by atoms with E-state index in [-0.39, 0.29) is 0 Å². The lowest BCUT2D eigenvalue weighted by Crippen LogP contribution is -1.99. The number of hydrogen-bond donors (Lipinski definition) is 1. The summed E-state index contributed by atoms with van der Waals surface area (Å²) in [4.78, 5) is 0. The molecule has 68 valence electrons. The highest BCUT2D eigenvalue weighted by Crippen LogP contribution is 2.23. The van der Waals surface area contributed by atoms with Crippen molar-refractivity contribution >= 4 is 28.8 Å². The number of aromatic nitrogens is 3. The predicted octanol–water partition coefficient (Wildman–Crippen LogP) is 1.62. The number of nitrogens with two attached hydrogens (primary N) is 1. The van der Waals surface area contributed by atoms with Crippen LogP contribution in [-0.4, -0.2) is 15.0 Å². The van der Waals surface area contributed by atoms with Crippen molar-refractivity contribution in [3.05, 3.63) is 27.5 Å². The minimum absolute atomic E-state index is 0.423. The van der Waals surface area contributed by atoms with E-state index in [0.29, 0.717) is 12.4 Å². The Morgan fingerprint density at radius 3 is 3.00 bits per heavy atom. The van der Waals surface area contributed by atoms with E-state index >= 15 is 0 Å². The summed E-state index contributed by atoms with van der Waals surface area (Å²) in [6.45, 7) is 0.618. The minimum Gasteiger partial charge on any atom is -0.381 e. The van der Waals surface area contributed by atoms with Crippen molar-refractivity contribution in [1.82, 2.24) is 15.0 Å². The second kappa shape index (κ2) is 3.35. The Balaban J connectivity index is 2.19. The maximum atomic E-state index is 5.92. The van der Waals surface area contributed by atoms with Gasteiger partial charge in [0.1, 0.15) is 0 Å². The topological polar surface area (TPSA) is 56.7 Å². The third-order valence-corrected chi connectivity index (χ3v) is 2.83. The van der Waals surface area contributed by atoms with Crippen molar-refractivity contribution in [1.29, 1.82) is 0 Å². The van der Waals surface area contributed by atoms with Crippen LogP contribution in [0.3, 0.4) is 0 Å². The van der Waals surface area contributed by atoms with Crippen LogP contribution in [-0.2, 0) is 6.54 Å². The molecule has 0 unspecified atom stereocenters. The maximum absolute atomic E-state index is 5.92. The van der Waals surface area contributed by atoms with Gasteiger partial charge >= 0.3 is 0 Å². The smallest absolute Gasteiger partial charge is 0.165 e. The monoisotopic (exact) mass is 214 g/mol. The van der Waals surface area contributed by atoms with Crippen molar-refractivity contribution in [2.75, 3.05) is 5.73 Å². The van der Waals surface area contributed by atoms with Gasteiger partial charge in [0.05, 0.1) is 17.1 Å². The fourth-order valence-electron chi connectivity index (χ4n) is 0.997. The van der Waals surface area contributed by atoms with Crippen LogP contribution in [0.25, 0.3) is 0 Å². The molecule has 4 nitrogen and oxygen atoms in total. The SMILES string of the molecule is Nc1cn(Cc2ccsc2Cl)nn1. The summed E-state index contributed by atoms with van der Waals surface area (Å²) >= 11 is 7.43. The van der Waals surface area contributed by atoms with E-state index in [9.17, 15) is 0 Å². The normalized spacial score (nSPS) is 10.5. The number of thiophene rings is 1. The standard InChI is InChI=1S/C7H7ClN4S/c8-7-5(1-2-13-7)3-12-4-6(9)10-11-12/h1-2,4H,3,9H2. The molecular weight excluding hydrogens is 208 g/mol. The second-order valence-corrected chi connectivity index (χ2v) is 4.08. The van der Waals surface area contributed by atoms with Crippen molar-refractivity contribution < 1.29 is 0 Å². The first-order chi connectivity index (χ1) is 6.25. The molecule has 2 heterocycles. The van der Waals surface area contributed by atoms with Gasteiger partial charge in [0.15, 0.2) is 5.82 Å². The molecule has 0 saturated heterocycles. The van der Waals surface area contributed by atoms with Gasteiger partial charge in [0, 0.05) is 5.56 Å². The van der Waals surface area contributed by atoms with Crippen LogP contribution in [0.4, 0.5) is 5.82 Å². The van der Waals surface area contributed by atoms with E-state index in [1.54, 1.807) is 10.9 Å². The van der Waals surface area contributed by atoms with Gasteiger partial charge in [0.2, 0.25) is 0 Å². The van der Waals surface area contributed by atoms with Gasteiger partial charge in [-0.1, -0.05) is 16.8 Å². The van der Waals surface area contributed by atoms with Gasteiger partial charge in [-0.2, -0.15) is 0 Å². The summed E-state index contributed by atoms with van der Waals surface area (Å²) < 4.78 is 2.44. The average molecular weight is 215 g/mol. The highest BCUT2D eigenvalue weighted by atomic mass is 35.5. The first kappa shape index (κ1) is 8.52. The van der Waals surface area contributed by atoms with Gasteiger partial charge < -0.3 is 5.73 Å². The summed E-state index contributed by atoms with van der Waals surface area (Å²) in [5.41, 5.74) is 6.46. The number of halogens is 1. The van der Waals surface area contributed by atoms with Crippen molar-refractivity contribution in [3.8, 4) is 0 Å². The van der Waals surface area contributed by atoms with E-state index in [1.165, 1.54) is 11.3 Å². The molecule has 2 aromatic rings. The van der Waals surface area contributed by atoms with Gasteiger partial charge in [-0.3, -0.25) is 0 Å². The fourth-order valence-corrected chi connectivity index (χ4v) is 1.91. The lowest BCUT2D eigenvalue weighted by Gasteiger charge is -1.96. The molecule has 0 aliphatic carbocycles. The summed E-state index contributed by atoms with van der Waals surface area (Å²) in [7, 11) is 0. The van der Waals surface area contributed by atoms with Crippen LogP contribution >= 0.6 is 22.9 Å². The van der Waals surface area contributed by atoms with Crippen LogP contribution in [0.2, 0.25) is 4.34 Å². The van der Waals surface area contributed by atoms with E-state index in [1.807, 2.05) is 11.4 Å². The maximum Gasteiger partial charge on any atom is 0.165 e. The number of hydrogen-bond acceptors (Lipinski definition) is 4. The molecule has 0 saturated carbocycles. The Labute approximate surface area is 83.9 Å². The van der Waals surface area contributed by atoms with Gasteiger partial charge in [-0.25, -0.2) is 4.68 Å². The zero-order valence-corrected chi connectivity index (χ0v) is 8.22. The quantitative estimate of drug-likeness (QED) is 0.827. The molecule has 2 rings (SSSR count). The molecular formula is C7H7ClN4S. The van der Waals surface area contributed by atoms with Crippen molar-refractivity contribution in [2.45, 2.75) is 6.54 Å². The molecule has 0 fully saturated rings. The van der Waals surface area contributed by atoms with Crippen molar-refractivity contribution in [3.63, 3.8) is 0 Å². The molecule has 6 heteroatoms. The van der Waals surface area contributed by atoms with Crippen LogP contribution in [0.15, 0.2) is 17.6 Å². The third-order valence-electron chi connectivity index (χ3n) is 1.58. The summed E-state index contributed by atoms with van der Waals surface area (Å²) in [6.07, 6.45) is 1.67. The van der Waals surface area contributed by atoms with Gasteiger partial charge in [0.25, 0.3) is 0 Å². The van der Waals surface area contributed by atoms with Crippen LogP contribution in [0.5, 0.6) is 0 Å².